The molecule has 0 saturated carbocycles. The van der Waals surface area contributed by atoms with E-state index in [1.807, 2.05) is 30.2 Å². The predicted molar refractivity (Wildman–Crippen MR) is 100 cm³/mol. The second kappa shape index (κ2) is 11.3. The van der Waals surface area contributed by atoms with Crippen molar-refractivity contribution in [1.29, 1.82) is 0 Å². The van der Waals surface area contributed by atoms with E-state index < -0.39 is 0 Å². The first kappa shape index (κ1) is 18.0. The fourth-order valence-electron chi connectivity index (χ4n) is 2.58. The summed E-state index contributed by atoms with van der Waals surface area (Å²) in [6, 6.07) is 12.6. The summed E-state index contributed by atoms with van der Waals surface area (Å²) < 4.78 is 1.95. The molecule has 130 valence electrons. The van der Waals surface area contributed by atoms with E-state index >= 15 is 0 Å². The van der Waals surface area contributed by atoms with E-state index in [4.69, 9.17) is 0 Å². The van der Waals surface area contributed by atoms with Crippen molar-refractivity contribution < 1.29 is 0 Å². The number of benzene rings is 1. The molecule has 0 bridgehead atoms. The first-order valence-electron chi connectivity index (χ1n) is 8.84. The smallest absolute Gasteiger partial charge is 0.190 e. The number of nitrogens with zero attached hydrogens (tertiary/aromatic N) is 3. The quantitative estimate of drug-likeness (QED) is 0.401. The number of guanidine groups is 1. The van der Waals surface area contributed by atoms with Crippen LogP contribution in [0.25, 0.3) is 0 Å². The van der Waals surface area contributed by atoms with Crippen LogP contribution < -0.4 is 10.6 Å². The highest BCUT2D eigenvalue weighted by atomic mass is 15.3. The fourth-order valence-corrected chi connectivity index (χ4v) is 2.58. The van der Waals surface area contributed by atoms with E-state index in [1.54, 1.807) is 0 Å². The van der Waals surface area contributed by atoms with Crippen LogP contribution in [0.2, 0.25) is 0 Å². The Morgan fingerprint density at radius 2 is 1.79 bits per heavy atom. The lowest BCUT2D eigenvalue weighted by Gasteiger charge is -2.11. The summed E-state index contributed by atoms with van der Waals surface area (Å²) in [4.78, 5) is 4.26. The van der Waals surface area contributed by atoms with Gasteiger partial charge >= 0.3 is 0 Å². The molecule has 2 rings (SSSR count). The normalized spacial score (nSPS) is 11.5. The Bertz CT molecular complexity index is 563. The van der Waals surface area contributed by atoms with Gasteiger partial charge in [0.15, 0.2) is 5.96 Å². The maximum absolute atomic E-state index is 4.26. The van der Waals surface area contributed by atoms with E-state index in [0.717, 1.165) is 32.0 Å². The molecule has 0 aliphatic heterocycles. The minimum absolute atomic E-state index is 0.888. The minimum atomic E-state index is 0.888. The molecule has 2 aromatic rings. The Morgan fingerprint density at radius 1 is 1.00 bits per heavy atom. The number of hydrogen-bond acceptors (Lipinski definition) is 2. The highest BCUT2D eigenvalue weighted by Gasteiger charge is 1.98. The third-order valence-electron chi connectivity index (χ3n) is 3.92. The van der Waals surface area contributed by atoms with Crippen molar-refractivity contribution in [2.24, 2.45) is 4.99 Å². The summed E-state index contributed by atoms with van der Waals surface area (Å²) in [5.74, 6) is 0.888. The maximum atomic E-state index is 4.26. The highest BCUT2D eigenvalue weighted by Crippen LogP contribution is 2.05. The lowest BCUT2D eigenvalue weighted by Crippen LogP contribution is -2.38. The average molecular weight is 327 g/mol. The SMILES string of the molecule is CN=C(NCCCCCc1ccccc1)NCCCn1cccn1. The Balaban J connectivity index is 1.47. The molecule has 0 spiro atoms. The van der Waals surface area contributed by atoms with Gasteiger partial charge in [-0.1, -0.05) is 36.8 Å². The summed E-state index contributed by atoms with van der Waals surface area (Å²) in [6.07, 6.45) is 9.63. The number of aryl methyl sites for hydroxylation is 2. The van der Waals surface area contributed by atoms with E-state index in [-0.39, 0.29) is 0 Å². The Labute approximate surface area is 145 Å². The number of nitrogens with one attached hydrogen (secondary N) is 2. The topological polar surface area (TPSA) is 54.2 Å². The van der Waals surface area contributed by atoms with Gasteiger partial charge in [0.25, 0.3) is 0 Å². The third kappa shape index (κ3) is 7.31. The zero-order chi connectivity index (χ0) is 16.9. The van der Waals surface area contributed by atoms with Crippen LogP contribution in [0.3, 0.4) is 0 Å². The number of hydrogen-bond donors (Lipinski definition) is 2. The number of aliphatic imine (C=N–C) groups is 1. The van der Waals surface area contributed by atoms with Crippen molar-refractivity contribution in [3.8, 4) is 0 Å². The average Bonchev–Trinajstić information content (AvgIpc) is 3.14. The van der Waals surface area contributed by atoms with Crippen molar-refractivity contribution in [3.63, 3.8) is 0 Å². The summed E-state index contributed by atoms with van der Waals surface area (Å²) in [5, 5.41) is 10.9. The molecule has 0 aliphatic rings. The molecule has 1 aromatic heterocycles. The summed E-state index contributed by atoms with van der Waals surface area (Å²) in [6.45, 7) is 2.79. The fraction of sp³-hybridized carbons (Fsp3) is 0.474. The Morgan fingerprint density at radius 3 is 2.50 bits per heavy atom. The number of unbranched alkanes of at least 4 members (excludes halogenated alkanes) is 2. The molecule has 24 heavy (non-hydrogen) atoms. The van der Waals surface area contributed by atoms with Crippen LogP contribution in [0, 0.1) is 0 Å². The molecule has 0 atom stereocenters. The minimum Gasteiger partial charge on any atom is -0.356 e. The standard InChI is InChI=1S/C19H29N5/c1-20-19(22-14-8-16-24-17-9-15-23-24)21-13-7-3-6-12-18-10-4-2-5-11-18/h2,4-5,9-11,15,17H,3,6-8,12-14,16H2,1H3,(H2,20,21,22). The van der Waals surface area contributed by atoms with Gasteiger partial charge in [0.05, 0.1) is 0 Å². The number of rotatable bonds is 10. The molecule has 5 nitrogen and oxygen atoms in total. The molecule has 0 aliphatic carbocycles. The van der Waals surface area contributed by atoms with Crippen LogP contribution >= 0.6 is 0 Å². The molecule has 1 aromatic carbocycles. The maximum Gasteiger partial charge on any atom is 0.190 e. The molecular formula is C19H29N5. The van der Waals surface area contributed by atoms with Gasteiger partial charge in [0.1, 0.15) is 0 Å². The van der Waals surface area contributed by atoms with Gasteiger partial charge in [-0.2, -0.15) is 5.10 Å². The Kier molecular flexibility index (Phi) is 8.47. The largest absolute Gasteiger partial charge is 0.356 e. The second-order valence-corrected chi connectivity index (χ2v) is 5.84. The van der Waals surface area contributed by atoms with Gasteiger partial charge < -0.3 is 10.6 Å². The molecule has 0 radical (unpaired) electrons. The zero-order valence-corrected chi connectivity index (χ0v) is 14.6. The summed E-state index contributed by atoms with van der Waals surface area (Å²) >= 11 is 0. The Hall–Kier alpha value is -2.30. The summed E-state index contributed by atoms with van der Waals surface area (Å²) in [7, 11) is 1.82. The van der Waals surface area contributed by atoms with Crippen molar-refractivity contribution in [2.45, 2.75) is 38.6 Å². The lowest BCUT2D eigenvalue weighted by atomic mass is 10.1. The number of aromatic nitrogens is 2. The van der Waals surface area contributed by atoms with Crippen LogP contribution in [0.15, 0.2) is 53.8 Å². The van der Waals surface area contributed by atoms with Crippen LogP contribution in [0.1, 0.15) is 31.2 Å². The highest BCUT2D eigenvalue weighted by molar-refractivity contribution is 5.79. The van der Waals surface area contributed by atoms with Crippen LogP contribution in [0.5, 0.6) is 0 Å². The first-order chi connectivity index (χ1) is 11.9. The van der Waals surface area contributed by atoms with Crippen molar-refractivity contribution in [1.82, 2.24) is 20.4 Å². The molecule has 0 amide bonds. The van der Waals surface area contributed by atoms with Gasteiger partial charge in [-0.15, -0.1) is 0 Å². The molecule has 0 fully saturated rings. The van der Waals surface area contributed by atoms with E-state index in [2.05, 4.69) is 51.1 Å². The van der Waals surface area contributed by atoms with E-state index in [0.29, 0.717) is 0 Å². The van der Waals surface area contributed by atoms with Crippen LogP contribution in [-0.2, 0) is 13.0 Å². The van der Waals surface area contributed by atoms with Crippen LogP contribution in [-0.4, -0.2) is 35.9 Å². The first-order valence-corrected chi connectivity index (χ1v) is 8.84. The monoisotopic (exact) mass is 327 g/mol. The van der Waals surface area contributed by atoms with Gasteiger partial charge in [-0.25, -0.2) is 0 Å². The molecule has 5 heteroatoms. The predicted octanol–water partition coefficient (Wildman–Crippen LogP) is 2.85. The van der Waals surface area contributed by atoms with Gasteiger partial charge in [0.2, 0.25) is 0 Å². The van der Waals surface area contributed by atoms with Gasteiger partial charge in [-0.3, -0.25) is 9.67 Å². The lowest BCUT2D eigenvalue weighted by molar-refractivity contribution is 0.569. The molecular weight excluding hydrogens is 298 g/mol. The van der Waals surface area contributed by atoms with Crippen molar-refractivity contribution >= 4 is 5.96 Å². The van der Waals surface area contributed by atoms with Gasteiger partial charge in [-0.05, 0) is 37.3 Å². The van der Waals surface area contributed by atoms with Gasteiger partial charge in [0, 0.05) is 39.1 Å². The van der Waals surface area contributed by atoms with Crippen molar-refractivity contribution in [3.05, 3.63) is 54.4 Å². The van der Waals surface area contributed by atoms with E-state index in [9.17, 15) is 0 Å². The second-order valence-electron chi connectivity index (χ2n) is 5.84. The van der Waals surface area contributed by atoms with Crippen molar-refractivity contribution in [2.75, 3.05) is 20.1 Å². The zero-order valence-electron chi connectivity index (χ0n) is 14.6. The van der Waals surface area contributed by atoms with Crippen LogP contribution in [0.4, 0.5) is 0 Å². The molecule has 2 N–H and O–H groups in total. The molecule has 0 unspecified atom stereocenters. The molecule has 0 saturated heterocycles. The molecule has 1 heterocycles. The van der Waals surface area contributed by atoms with E-state index in [1.165, 1.54) is 31.2 Å². The summed E-state index contributed by atoms with van der Waals surface area (Å²) in [5.41, 5.74) is 1.43. The third-order valence-corrected chi connectivity index (χ3v) is 3.92.